The van der Waals surface area contributed by atoms with E-state index in [0.29, 0.717) is 23.4 Å². The number of nitrogen functional groups attached to an aromatic ring is 1. The molecule has 4 rings (SSSR count). The Bertz CT molecular complexity index is 975. The molecular formula is C21H25N5OS. The van der Waals surface area contributed by atoms with Crippen molar-refractivity contribution >= 4 is 28.4 Å². The van der Waals surface area contributed by atoms with Crippen molar-refractivity contribution in [3.05, 3.63) is 53.9 Å². The van der Waals surface area contributed by atoms with Crippen LogP contribution in [0, 0.1) is 0 Å². The molecular weight excluding hydrogens is 370 g/mol. The summed E-state index contributed by atoms with van der Waals surface area (Å²) in [6.07, 6.45) is 5.13. The van der Waals surface area contributed by atoms with E-state index in [9.17, 15) is 4.79 Å². The van der Waals surface area contributed by atoms with Crippen LogP contribution in [-0.2, 0) is 11.2 Å². The van der Waals surface area contributed by atoms with Crippen LogP contribution in [0.5, 0.6) is 0 Å². The molecule has 1 saturated carbocycles. The maximum atomic E-state index is 12.4. The summed E-state index contributed by atoms with van der Waals surface area (Å²) in [5.41, 5.74) is 1.15. The molecule has 1 aliphatic carbocycles. The standard InChI is InChI=1S/C21H25N5OS/c1-14(20(27)23-17-10-3-4-11-17)28-21-25-24-19(26(21)22)13-16-9-6-8-15-7-2-5-12-18(15)16/h2,5-9,12,14,17H,3-4,10-11,13,22H2,1H3,(H,23,27)/t14-/m0/s1. The summed E-state index contributed by atoms with van der Waals surface area (Å²) in [6.45, 7) is 1.88. The SMILES string of the molecule is C[C@H](Sc1nnc(Cc2cccc3ccccc23)n1N)C(=O)NC1CCCC1. The fourth-order valence-corrected chi connectivity index (χ4v) is 4.52. The first-order valence-corrected chi connectivity index (χ1v) is 10.6. The van der Waals surface area contributed by atoms with Gasteiger partial charge in [-0.2, -0.15) is 0 Å². The Kier molecular flexibility index (Phi) is 5.52. The number of nitrogens with one attached hydrogen (secondary N) is 1. The molecule has 0 bridgehead atoms. The van der Waals surface area contributed by atoms with Gasteiger partial charge in [0.15, 0.2) is 5.82 Å². The van der Waals surface area contributed by atoms with Gasteiger partial charge in [-0.3, -0.25) is 4.79 Å². The Hall–Kier alpha value is -2.54. The van der Waals surface area contributed by atoms with Crippen LogP contribution in [0.1, 0.15) is 44.0 Å². The number of carbonyl (C=O) groups is 1. The monoisotopic (exact) mass is 395 g/mol. The Morgan fingerprint density at radius 3 is 2.79 bits per heavy atom. The summed E-state index contributed by atoms with van der Waals surface area (Å²) in [5.74, 6) is 6.97. The van der Waals surface area contributed by atoms with Gasteiger partial charge < -0.3 is 11.2 Å². The third-order valence-corrected chi connectivity index (χ3v) is 6.37. The van der Waals surface area contributed by atoms with Crippen molar-refractivity contribution < 1.29 is 4.79 Å². The average Bonchev–Trinajstić information content (AvgIpc) is 3.33. The minimum absolute atomic E-state index is 0.0375. The number of aromatic nitrogens is 3. The van der Waals surface area contributed by atoms with Crippen LogP contribution in [0.3, 0.4) is 0 Å². The molecule has 7 heteroatoms. The summed E-state index contributed by atoms with van der Waals surface area (Å²) < 4.78 is 1.51. The van der Waals surface area contributed by atoms with Crippen LogP contribution < -0.4 is 11.2 Å². The van der Waals surface area contributed by atoms with Crippen molar-refractivity contribution in [1.29, 1.82) is 0 Å². The van der Waals surface area contributed by atoms with E-state index in [0.717, 1.165) is 18.4 Å². The van der Waals surface area contributed by atoms with Crippen LogP contribution >= 0.6 is 11.8 Å². The van der Waals surface area contributed by atoms with Crippen molar-refractivity contribution in [3.63, 3.8) is 0 Å². The Balaban J connectivity index is 1.45. The predicted molar refractivity (Wildman–Crippen MR) is 113 cm³/mol. The number of hydrogen-bond donors (Lipinski definition) is 2. The van der Waals surface area contributed by atoms with Crippen molar-refractivity contribution in [2.24, 2.45) is 0 Å². The third kappa shape index (κ3) is 3.99. The van der Waals surface area contributed by atoms with Gasteiger partial charge in [-0.25, -0.2) is 4.68 Å². The van der Waals surface area contributed by atoms with Crippen LogP contribution in [0.4, 0.5) is 0 Å². The molecule has 1 amide bonds. The first kappa shape index (κ1) is 18.8. The van der Waals surface area contributed by atoms with E-state index in [1.807, 2.05) is 25.1 Å². The molecule has 28 heavy (non-hydrogen) atoms. The highest BCUT2D eigenvalue weighted by atomic mass is 32.2. The maximum Gasteiger partial charge on any atom is 0.233 e. The summed E-state index contributed by atoms with van der Waals surface area (Å²) in [5, 5.41) is 14.3. The van der Waals surface area contributed by atoms with Gasteiger partial charge in [0.25, 0.3) is 0 Å². The molecule has 3 N–H and O–H groups in total. The molecule has 146 valence electrons. The van der Waals surface area contributed by atoms with Crippen LogP contribution in [0.25, 0.3) is 10.8 Å². The van der Waals surface area contributed by atoms with Crippen LogP contribution in [0.15, 0.2) is 47.6 Å². The molecule has 0 radical (unpaired) electrons. The molecule has 3 aromatic rings. The smallest absolute Gasteiger partial charge is 0.233 e. The molecule has 0 unspecified atom stereocenters. The normalized spacial score (nSPS) is 15.8. The quantitative estimate of drug-likeness (QED) is 0.494. The molecule has 1 fully saturated rings. The predicted octanol–water partition coefficient (Wildman–Crippen LogP) is 3.28. The molecule has 0 spiro atoms. The van der Waals surface area contributed by atoms with E-state index < -0.39 is 0 Å². The highest BCUT2D eigenvalue weighted by Gasteiger charge is 2.23. The zero-order chi connectivity index (χ0) is 19.5. The van der Waals surface area contributed by atoms with Gasteiger partial charge in [0, 0.05) is 12.5 Å². The number of thioether (sulfide) groups is 1. The Morgan fingerprint density at radius 2 is 1.96 bits per heavy atom. The second kappa shape index (κ2) is 8.22. The molecule has 2 aromatic carbocycles. The van der Waals surface area contributed by atoms with Crippen molar-refractivity contribution in [2.45, 2.75) is 55.5 Å². The second-order valence-electron chi connectivity index (χ2n) is 7.33. The van der Waals surface area contributed by atoms with Gasteiger partial charge in [0.1, 0.15) is 0 Å². The summed E-state index contributed by atoms with van der Waals surface area (Å²) in [4.78, 5) is 12.4. The second-order valence-corrected chi connectivity index (χ2v) is 8.64. The minimum atomic E-state index is -0.266. The van der Waals surface area contributed by atoms with Gasteiger partial charge in [0.05, 0.1) is 5.25 Å². The fourth-order valence-electron chi connectivity index (χ4n) is 3.73. The van der Waals surface area contributed by atoms with Gasteiger partial charge in [-0.15, -0.1) is 10.2 Å². The average molecular weight is 396 g/mol. The molecule has 1 atom stereocenters. The van der Waals surface area contributed by atoms with Crippen LogP contribution in [0.2, 0.25) is 0 Å². The number of nitrogens with two attached hydrogens (primary N) is 1. The largest absolute Gasteiger partial charge is 0.352 e. The zero-order valence-electron chi connectivity index (χ0n) is 16.0. The number of benzene rings is 2. The molecule has 6 nitrogen and oxygen atoms in total. The van der Waals surface area contributed by atoms with E-state index in [4.69, 9.17) is 5.84 Å². The van der Waals surface area contributed by atoms with Gasteiger partial charge in [-0.05, 0) is 36.1 Å². The number of rotatable bonds is 6. The Labute approximate surface area is 168 Å². The molecule has 0 aliphatic heterocycles. The van der Waals surface area contributed by atoms with E-state index in [1.165, 1.54) is 40.1 Å². The molecule has 1 aliphatic rings. The number of nitrogens with zero attached hydrogens (tertiary/aromatic N) is 3. The summed E-state index contributed by atoms with van der Waals surface area (Å²) in [6, 6.07) is 14.8. The molecule has 1 heterocycles. The van der Waals surface area contributed by atoms with Crippen molar-refractivity contribution in [1.82, 2.24) is 20.2 Å². The topological polar surface area (TPSA) is 85.8 Å². The third-order valence-electron chi connectivity index (χ3n) is 5.32. The lowest BCUT2D eigenvalue weighted by Gasteiger charge is -2.15. The van der Waals surface area contributed by atoms with Crippen molar-refractivity contribution in [3.8, 4) is 0 Å². The lowest BCUT2D eigenvalue weighted by molar-refractivity contribution is -0.120. The zero-order valence-corrected chi connectivity index (χ0v) is 16.8. The van der Waals surface area contributed by atoms with E-state index in [1.54, 1.807) is 0 Å². The lowest BCUT2D eigenvalue weighted by atomic mass is 10.0. The first-order chi connectivity index (χ1) is 13.6. The first-order valence-electron chi connectivity index (χ1n) is 9.75. The summed E-state index contributed by atoms with van der Waals surface area (Å²) >= 11 is 1.35. The van der Waals surface area contributed by atoms with Gasteiger partial charge in [0.2, 0.25) is 11.1 Å². The van der Waals surface area contributed by atoms with Gasteiger partial charge in [-0.1, -0.05) is 67.1 Å². The number of carbonyl (C=O) groups excluding carboxylic acids is 1. The molecule has 0 saturated heterocycles. The molecule has 1 aromatic heterocycles. The van der Waals surface area contributed by atoms with E-state index in [-0.39, 0.29) is 11.2 Å². The van der Waals surface area contributed by atoms with Gasteiger partial charge >= 0.3 is 0 Å². The number of fused-ring (bicyclic) bond motifs is 1. The summed E-state index contributed by atoms with van der Waals surface area (Å²) in [7, 11) is 0. The number of amides is 1. The van der Waals surface area contributed by atoms with E-state index in [2.05, 4.69) is 39.8 Å². The number of hydrogen-bond acceptors (Lipinski definition) is 5. The highest BCUT2D eigenvalue weighted by Crippen LogP contribution is 2.25. The van der Waals surface area contributed by atoms with Crippen LogP contribution in [-0.4, -0.2) is 32.1 Å². The minimum Gasteiger partial charge on any atom is -0.352 e. The van der Waals surface area contributed by atoms with Crippen molar-refractivity contribution in [2.75, 3.05) is 5.84 Å². The Morgan fingerprint density at radius 1 is 1.21 bits per heavy atom. The van der Waals surface area contributed by atoms with E-state index >= 15 is 0 Å². The fraction of sp³-hybridized carbons (Fsp3) is 0.381. The lowest BCUT2D eigenvalue weighted by Crippen LogP contribution is -2.37. The highest BCUT2D eigenvalue weighted by molar-refractivity contribution is 8.00. The maximum absolute atomic E-state index is 12.4.